The molecule has 1 aromatic rings. The lowest BCUT2D eigenvalue weighted by molar-refractivity contribution is -0.135. The van der Waals surface area contributed by atoms with Crippen LogP contribution < -0.4 is 0 Å². The number of aliphatic hydroxyl groups excluding tert-OH is 1. The van der Waals surface area contributed by atoms with Gasteiger partial charge in [-0.05, 0) is 37.0 Å². The molecule has 4 rings (SSSR count). The van der Waals surface area contributed by atoms with Gasteiger partial charge in [0.25, 0.3) is 5.91 Å². The van der Waals surface area contributed by atoms with Crippen LogP contribution in [0, 0.1) is 5.92 Å². The van der Waals surface area contributed by atoms with Crippen molar-refractivity contribution in [2.45, 2.75) is 37.8 Å². The van der Waals surface area contributed by atoms with Gasteiger partial charge in [0.2, 0.25) is 0 Å². The Labute approximate surface area is 154 Å². The van der Waals surface area contributed by atoms with E-state index in [1.165, 1.54) is 0 Å². The number of fused-ring (bicyclic) bond motifs is 1. The minimum Gasteiger partial charge on any atom is -0.483 e. The van der Waals surface area contributed by atoms with Gasteiger partial charge in [-0.25, -0.2) is 0 Å². The van der Waals surface area contributed by atoms with Gasteiger partial charge in [-0.3, -0.25) is 9.59 Å². The van der Waals surface area contributed by atoms with Crippen molar-refractivity contribution >= 4 is 27.6 Å². The molecule has 3 atom stereocenters. The Balaban J connectivity index is 1.80. The molecule has 1 saturated carbocycles. The van der Waals surface area contributed by atoms with E-state index < -0.39 is 6.04 Å². The molecule has 3 unspecified atom stereocenters. The molecule has 3 aliphatic rings. The molecule has 25 heavy (non-hydrogen) atoms. The van der Waals surface area contributed by atoms with E-state index in [9.17, 15) is 14.7 Å². The van der Waals surface area contributed by atoms with E-state index in [4.69, 9.17) is 4.74 Å². The number of carbonyl (C=O) groups excluding carboxylic acids is 2. The SMILES string of the molecule is O=C1C2=C(OC3CCCCC13)C(=O)N(CCO)C2c1cccc(Br)c1. The molecule has 1 aromatic carbocycles. The summed E-state index contributed by atoms with van der Waals surface area (Å²) < 4.78 is 6.91. The third-order valence-electron chi connectivity index (χ3n) is 5.36. The zero-order valence-electron chi connectivity index (χ0n) is 13.8. The second-order valence-electron chi connectivity index (χ2n) is 6.83. The minimum absolute atomic E-state index is 0.0460. The number of benzene rings is 1. The van der Waals surface area contributed by atoms with Gasteiger partial charge in [0.1, 0.15) is 6.10 Å². The van der Waals surface area contributed by atoms with Gasteiger partial charge in [0, 0.05) is 11.0 Å². The van der Waals surface area contributed by atoms with Crippen LogP contribution in [0.4, 0.5) is 0 Å². The first-order valence-electron chi connectivity index (χ1n) is 8.74. The average molecular weight is 406 g/mol. The molecule has 0 bridgehead atoms. The maximum Gasteiger partial charge on any atom is 0.290 e. The van der Waals surface area contributed by atoms with Gasteiger partial charge in [-0.15, -0.1) is 0 Å². The van der Waals surface area contributed by atoms with Crippen LogP contribution in [0.3, 0.4) is 0 Å². The highest BCUT2D eigenvalue weighted by Gasteiger charge is 2.51. The molecule has 1 aliphatic carbocycles. The van der Waals surface area contributed by atoms with Crippen molar-refractivity contribution in [3.05, 3.63) is 45.6 Å². The van der Waals surface area contributed by atoms with Gasteiger partial charge in [0.05, 0.1) is 24.1 Å². The molecular formula is C19H20BrNO4. The van der Waals surface area contributed by atoms with E-state index in [1.54, 1.807) is 4.90 Å². The summed E-state index contributed by atoms with van der Waals surface area (Å²) in [6.45, 7) is 0.0207. The first kappa shape index (κ1) is 16.8. The fraction of sp³-hybridized carbons (Fsp3) is 0.474. The van der Waals surface area contributed by atoms with E-state index in [2.05, 4.69) is 15.9 Å². The number of hydrogen-bond acceptors (Lipinski definition) is 4. The van der Waals surface area contributed by atoms with Crippen molar-refractivity contribution in [2.75, 3.05) is 13.2 Å². The van der Waals surface area contributed by atoms with Gasteiger partial charge in [0.15, 0.2) is 11.5 Å². The van der Waals surface area contributed by atoms with Gasteiger partial charge in [-0.1, -0.05) is 34.5 Å². The molecule has 2 aliphatic heterocycles. The summed E-state index contributed by atoms with van der Waals surface area (Å²) in [6.07, 6.45) is 3.51. The summed E-state index contributed by atoms with van der Waals surface area (Å²) in [5.41, 5.74) is 1.33. The minimum atomic E-state index is -0.484. The largest absolute Gasteiger partial charge is 0.483 e. The van der Waals surface area contributed by atoms with Gasteiger partial charge < -0.3 is 14.7 Å². The maximum atomic E-state index is 13.2. The molecule has 2 heterocycles. The van der Waals surface area contributed by atoms with E-state index in [0.29, 0.717) is 5.57 Å². The number of β-amino-alcohol motifs (C(OH)–C–C–N with tert-alkyl or cyclic N) is 1. The summed E-state index contributed by atoms with van der Waals surface area (Å²) >= 11 is 3.46. The Morgan fingerprint density at radius 2 is 2.04 bits per heavy atom. The summed E-state index contributed by atoms with van der Waals surface area (Å²) in [6, 6.07) is 7.13. The van der Waals surface area contributed by atoms with Crippen LogP contribution in [0.5, 0.6) is 0 Å². The molecule has 0 saturated heterocycles. The summed E-state index contributed by atoms with van der Waals surface area (Å²) in [7, 11) is 0. The highest BCUT2D eigenvalue weighted by atomic mass is 79.9. The summed E-state index contributed by atoms with van der Waals surface area (Å²) in [5, 5.41) is 9.42. The smallest absolute Gasteiger partial charge is 0.290 e. The fourth-order valence-corrected chi connectivity index (χ4v) is 4.67. The van der Waals surface area contributed by atoms with E-state index in [0.717, 1.165) is 35.7 Å². The highest BCUT2D eigenvalue weighted by Crippen LogP contribution is 2.46. The lowest BCUT2D eigenvalue weighted by atomic mass is 9.77. The number of amides is 1. The highest BCUT2D eigenvalue weighted by molar-refractivity contribution is 9.10. The number of carbonyl (C=O) groups is 2. The molecule has 6 heteroatoms. The van der Waals surface area contributed by atoms with Crippen molar-refractivity contribution in [3.63, 3.8) is 0 Å². The van der Waals surface area contributed by atoms with Crippen LogP contribution in [0.2, 0.25) is 0 Å². The molecule has 1 fully saturated rings. The van der Waals surface area contributed by atoms with E-state index in [1.807, 2.05) is 24.3 Å². The Morgan fingerprint density at radius 3 is 2.80 bits per heavy atom. The van der Waals surface area contributed by atoms with Crippen LogP contribution in [-0.2, 0) is 14.3 Å². The van der Waals surface area contributed by atoms with Crippen LogP contribution in [0.1, 0.15) is 37.3 Å². The van der Waals surface area contributed by atoms with Gasteiger partial charge >= 0.3 is 0 Å². The van der Waals surface area contributed by atoms with Crippen molar-refractivity contribution in [2.24, 2.45) is 5.92 Å². The predicted molar refractivity (Wildman–Crippen MR) is 94.5 cm³/mol. The van der Waals surface area contributed by atoms with Crippen LogP contribution in [0.25, 0.3) is 0 Å². The summed E-state index contributed by atoms with van der Waals surface area (Å²) in [4.78, 5) is 27.7. The number of hydrogen-bond donors (Lipinski definition) is 1. The first-order valence-corrected chi connectivity index (χ1v) is 9.53. The second kappa shape index (κ2) is 6.57. The van der Waals surface area contributed by atoms with Gasteiger partial charge in [-0.2, -0.15) is 0 Å². The number of aliphatic hydroxyl groups is 1. The first-order chi connectivity index (χ1) is 12.1. The van der Waals surface area contributed by atoms with Crippen molar-refractivity contribution in [3.8, 4) is 0 Å². The molecule has 1 amide bonds. The molecule has 1 N–H and O–H groups in total. The molecule has 132 valence electrons. The second-order valence-corrected chi connectivity index (χ2v) is 7.75. The number of halogens is 1. The van der Waals surface area contributed by atoms with E-state index in [-0.39, 0.29) is 42.6 Å². The van der Waals surface area contributed by atoms with Crippen molar-refractivity contribution in [1.82, 2.24) is 4.90 Å². The summed E-state index contributed by atoms with van der Waals surface area (Å²) in [5.74, 6) is -0.188. The lowest BCUT2D eigenvalue weighted by Crippen LogP contribution is -2.39. The zero-order valence-corrected chi connectivity index (χ0v) is 15.4. The number of ketones is 1. The molecule has 5 nitrogen and oxygen atoms in total. The third-order valence-corrected chi connectivity index (χ3v) is 5.86. The Kier molecular flexibility index (Phi) is 4.41. The molecule has 0 spiro atoms. The van der Waals surface area contributed by atoms with Crippen molar-refractivity contribution < 1.29 is 19.4 Å². The topological polar surface area (TPSA) is 66.8 Å². The maximum absolute atomic E-state index is 13.2. The zero-order chi connectivity index (χ0) is 17.6. The monoisotopic (exact) mass is 405 g/mol. The number of Topliss-reactive ketones (excluding diaryl/α,β-unsaturated/α-hetero) is 1. The quantitative estimate of drug-likeness (QED) is 0.839. The molecule has 0 radical (unpaired) electrons. The Hall–Kier alpha value is -1.66. The van der Waals surface area contributed by atoms with E-state index >= 15 is 0 Å². The fourth-order valence-electron chi connectivity index (χ4n) is 4.25. The lowest BCUT2D eigenvalue weighted by Gasteiger charge is -2.35. The Morgan fingerprint density at radius 1 is 1.24 bits per heavy atom. The van der Waals surface area contributed by atoms with Crippen LogP contribution in [-0.4, -0.2) is 41.0 Å². The standard InChI is InChI=1S/C19H20BrNO4/c20-12-5-3-4-11(10-12)16-15-17(23)13-6-1-2-7-14(13)25-18(15)19(24)21(16)8-9-22/h3-5,10,13-14,16,22H,1-2,6-9H2. The third kappa shape index (κ3) is 2.72. The average Bonchev–Trinajstić information content (AvgIpc) is 2.89. The normalized spacial score (nSPS) is 28.7. The predicted octanol–water partition coefficient (Wildman–Crippen LogP) is 2.74. The Bertz CT molecular complexity index is 760. The molecular weight excluding hydrogens is 386 g/mol. The molecule has 0 aromatic heterocycles. The van der Waals surface area contributed by atoms with Crippen LogP contribution in [0.15, 0.2) is 40.1 Å². The number of nitrogens with zero attached hydrogens (tertiary/aromatic N) is 1. The van der Waals surface area contributed by atoms with Crippen molar-refractivity contribution in [1.29, 1.82) is 0 Å². The number of ether oxygens (including phenoxy) is 1. The van der Waals surface area contributed by atoms with Crippen LogP contribution >= 0.6 is 15.9 Å². The number of rotatable bonds is 3.